The maximum Gasteiger partial charge on any atom is 0.0503 e. The summed E-state index contributed by atoms with van der Waals surface area (Å²) in [6.07, 6.45) is 0. The predicted octanol–water partition coefficient (Wildman–Crippen LogP) is 4.85. The van der Waals surface area contributed by atoms with Crippen LogP contribution in [-0.2, 0) is 0 Å². The Hall–Kier alpha value is -0.350. The maximum atomic E-state index is 6.20. The number of hydrogen-bond donors (Lipinski definition) is 1. The molecule has 16 heavy (non-hydrogen) atoms. The third kappa shape index (κ3) is 2.48. The summed E-state index contributed by atoms with van der Waals surface area (Å²) < 4.78 is 0.991. The Morgan fingerprint density at radius 1 is 1.31 bits per heavy atom. The molecule has 1 unspecified atom stereocenters. The fourth-order valence-electron chi connectivity index (χ4n) is 1.43. The first-order valence-corrected chi connectivity index (χ1v) is 6.87. The van der Waals surface area contributed by atoms with E-state index >= 15 is 0 Å². The van der Waals surface area contributed by atoms with Gasteiger partial charge >= 0.3 is 0 Å². The van der Waals surface area contributed by atoms with Crippen molar-refractivity contribution in [1.82, 2.24) is 0 Å². The first-order valence-electron chi connectivity index (χ1n) is 4.88. The molecule has 1 heterocycles. The number of hydrogen-bond acceptors (Lipinski definition) is 2. The first kappa shape index (κ1) is 12.1. The van der Waals surface area contributed by atoms with Gasteiger partial charge in [0.15, 0.2) is 0 Å². The average Bonchev–Trinajstić information content (AvgIpc) is 2.66. The lowest BCUT2D eigenvalue weighted by Crippen LogP contribution is -2.01. The zero-order chi connectivity index (χ0) is 11.7. The molecule has 0 saturated heterocycles. The molecule has 0 amide bonds. The fraction of sp³-hybridized carbons (Fsp3) is 0.167. The summed E-state index contributed by atoms with van der Waals surface area (Å²) in [6, 6.07) is 10.1. The zero-order valence-electron chi connectivity index (χ0n) is 8.71. The highest BCUT2D eigenvalue weighted by molar-refractivity contribution is 9.10. The molecule has 4 heteroatoms. The van der Waals surface area contributed by atoms with Gasteiger partial charge in [-0.05, 0) is 31.2 Å². The summed E-state index contributed by atoms with van der Waals surface area (Å²) in [7, 11) is 0. The van der Waals surface area contributed by atoms with Crippen molar-refractivity contribution in [3.05, 3.63) is 44.7 Å². The second kappa shape index (κ2) is 4.88. The molecule has 2 N–H and O–H groups in total. The third-order valence-electron chi connectivity index (χ3n) is 2.27. The Bertz CT molecular complexity index is 507. The molecule has 0 radical (unpaired) electrons. The van der Waals surface area contributed by atoms with Crippen LogP contribution in [0, 0.1) is 0 Å². The largest absolute Gasteiger partial charge is 0.324 e. The zero-order valence-corrected chi connectivity index (χ0v) is 11.9. The van der Waals surface area contributed by atoms with Crippen LogP contribution in [0.25, 0.3) is 10.4 Å². The van der Waals surface area contributed by atoms with Gasteiger partial charge in [0.2, 0.25) is 0 Å². The lowest BCUT2D eigenvalue weighted by atomic mass is 10.2. The highest BCUT2D eigenvalue weighted by Crippen LogP contribution is 2.36. The van der Waals surface area contributed by atoms with Crippen molar-refractivity contribution in [2.75, 3.05) is 0 Å². The monoisotopic (exact) mass is 315 g/mol. The Balaban J connectivity index is 2.42. The molecule has 0 saturated carbocycles. The maximum absolute atomic E-state index is 6.20. The summed E-state index contributed by atoms with van der Waals surface area (Å²) >= 11 is 11.3. The van der Waals surface area contributed by atoms with Crippen molar-refractivity contribution in [3.8, 4) is 10.4 Å². The van der Waals surface area contributed by atoms with Gasteiger partial charge < -0.3 is 5.73 Å². The summed E-state index contributed by atoms with van der Waals surface area (Å²) in [5, 5.41) is 0.757. The number of benzene rings is 1. The summed E-state index contributed by atoms with van der Waals surface area (Å²) in [5.74, 6) is 0. The van der Waals surface area contributed by atoms with E-state index in [1.54, 1.807) is 11.3 Å². The van der Waals surface area contributed by atoms with Gasteiger partial charge in [-0.1, -0.05) is 33.6 Å². The van der Waals surface area contributed by atoms with Gasteiger partial charge in [-0.3, -0.25) is 0 Å². The van der Waals surface area contributed by atoms with Gasteiger partial charge in [0.05, 0.1) is 5.02 Å². The van der Waals surface area contributed by atoms with Crippen LogP contribution in [0.4, 0.5) is 0 Å². The van der Waals surface area contributed by atoms with Crippen LogP contribution in [0.3, 0.4) is 0 Å². The van der Waals surface area contributed by atoms with Gasteiger partial charge in [0.25, 0.3) is 0 Å². The Labute approximate surface area is 112 Å². The van der Waals surface area contributed by atoms with Gasteiger partial charge in [0, 0.05) is 25.8 Å². The van der Waals surface area contributed by atoms with E-state index in [-0.39, 0.29) is 6.04 Å². The van der Waals surface area contributed by atoms with E-state index in [0.29, 0.717) is 0 Å². The second-order valence-corrected chi connectivity index (χ2v) is 6.05. The summed E-state index contributed by atoms with van der Waals surface area (Å²) in [6.45, 7) is 1.98. The highest BCUT2D eigenvalue weighted by atomic mass is 79.9. The van der Waals surface area contributed by atoms with Crippen LogP contribution in [0.15, 0.2) is 34.8 Å². The molecule has 84 valence electrons. The summed E-state index contributed by atoms with van der Waals surface area (Å²) in [4.78, 5) is 2.33. The molecule has 1 aromatic carbocycles. The van der Waals surface area contributed by atoms with E-state index < -0.39 is 0 Å². The molecular weight excluding hydrogens is 306 g/mol. The quantitative estimate of drug-likeness (QED) is 0.842. The minimum atomic E-state index is 0.0768. The molecule has 0 aliphatic heterocycles. The molecule has 0 spiro atoms. The van der Waals surface area contributed by atoms with E-state index in [9.17, 15) is 0 Å². The van der Waals surface area contributed by atoms with E-state index in [2.05, 4.69) is 28.1 Å². The van der Waals surface area contributed by atoms with Crippen molar-refractivity contribution in [2.45, 2.75) is 13.0 Å². The topological polar surface area (TPSA) is 26.0 Å². The number of thiophene rings is 1. The Morgan fingerprint density at radius 2 is 2.06 bits per heavy atom. The van der Waals surface area contributed by atoms with Crippen LogP contribution in [0.5, 0.6) is 0 Å². The standard InChI is InChI=1S/C12H11BrClNS/c1-7(15)11-4-5-12(16-11)9-3-2-8(13)6-10(9)14/h2-7H,15H2,1H3. The average molecular weight is 317 g/mol. The van der Waals surface area contributed by atoms with Crippen LogP contribution < -0.4 is 5.73 Å². The molecule has 0 aliphatic rings. The minimum absolute atomic E-state index is 0.0768. The van der Waals surface area contributed by atoms with Gasteiger partial charge in [-0.15, -0.1) is 11.3 Å². The van der Waals surface area contributed by atoms with E-state index in [1.807, 2.05) is 25.1 Å². The van der Waals surface area contributed by atoms with Crippen LogP contribution >= 0.6 is 38.9 Å². The molecule has 2 rings (SSSR count). The molecule has 2 aromatic rings. The second-order valence-electron chi connectivity index (χ2n) is 3.61. The number of rotatable bonds is 2. The predicted molar refractivity (Wildman–Crippen MR) is 75.1 cm³/mol. The van der Waals surface area contributed by atoms with Crippen molar-refractivity contribution in [3.63, 3.8) is 0 Å². The molecule has 0 aliphatic carbocycles. The normalized spacial score (nSPS) is 12.8. The SMILES string of the molecule is CC(N)c1ccc(-c2ccc(Br)cc2Cl)s1. The third-order valence-corrected chi connectivity index (χ3v) is 4.40. The molecule has 1 nitrogen and oxygen atoms in total. The minimum Gasteiger partial charge on any atom is -0.324 e. The van der Waals surface area contributed by atoms with Crippen LogP contribution in [0.2, 0.25) is 5.02 Å². The molecule has 1 aromatic heterocycles. The lowest BCUT2D eigenvalue weighted by Gasteiger charge is -2.02. The fourth-order valence-corrected chi connectivity index (χ4v) is 3.26. The van der Waals surface area contributed by atoms with E-state index in [0.717, 1.165) is 19.9 Å². The number of halogens is 2. The molecular formula is C12H11BrClNS. The Morgan fingerprint density at radius 3 is 2.62 bits per heavy atom. The molecule has 0 bridgehead atoms. The molecule has 0 fully saturated rings. The smallest absolute Gasteiger partial charge is 0.0503 e. The van der Waals surface area contributed by atoms with Crippen LogP contribution in [0.1, 0.15) is 17.8 Å². The lowest BCUT2D eigenvalue weighted by molar-refractivity contribution is 0.838. The number of nitrogens with two attached hydrogens (primary N) is 1. The Kier molecular flexibility index (Phi) is 3.70. The van der Waals surface area contributed by atoms with Gasteiger partial charge in [-0.25, -0.2) is 0 Å². The van der Waals surface area contributed by atoms with Gasteiger partial charge in [0.1, 0.15) is 0 Å². The van der Waals surface area contributed by atoms with E-state index in [4.69, 9.17) is 17.3 Å². The highest BCUT2D eigenvalue weighted by Gasteiger charge is 2.09. The summed E-state index contributed by atoms with van der Waals surface area (Å²) in [5.41, 5.74) is 6.89. The van der Waals surface area contributed by atoms with Crippen molar-refractivity contribution in [1.29, 1.82) is 0 Å². The van der Waals surface area contributed by atoms with Crippen molar-refractivity contribution >= 4 is 38.9 Å². The van der Waals surface area contributed by atoms with Gasteiger partial charge in [-0.2, -0.15) is 0 Å². The van der Waals surface area contributed by atoms with Crippen molar-refractivity contribution < 1.29 is 0 Å². The van der Waals surface area contributed by atoms with E-state index in [1.165, 1.54) is 4.88 Å². The first-order chi connectivity index (χ1) is 7.58. The molecule has 1 atom stereocenters. The van der Waals surface area contributed by atoms with Crippen LogP contribution in [-0.4, -0.2) is 0 Å². The van der Waals surface area contributed by atoms with Crippen molar-refractivity contribution in [2.24, 2.45) is 5.73 Å².